The molecule has 0 aromatic carbocycles. The van der Waals surface area contributed by atoms with Crippen molar-refractivity contribution in [2.24, 2.45) is 5.16 Å². The van der Waals surface area contributed by atoms with E-state index < -0.39 is 29.5 Å². The third kappa shape index (κ3) is 7.61. The summed E-state index contributed by atoms with van der Waals surface area (Å²) in [5.74, 6) is -1.34. The van der Waals surface area contributed by atoms with Crippen molar-refractivity contribution in [2.75, 3.05) is 11.9 Å². The number of carbonyl (C=O) groups excluding carboxylic acids is 2. The number of ether oxygens (including phenoxy) is 1. The van der Waals surface area contributed by atoms with Crippen LogP contribution in [0.3, 0.4) is 0 Å². The zero-order valence-corrected chi connectivity index (χ0v) is 15.0. The summed E-state index contributed by atoms with van der Waals surface area (Å²) in [7, 11) is 0. The van der Waals surface area contributed by atoms with E-state index in [9.17, 15) is 19.5 Å². The fourth-order valence-electron chi connectivity index (χ4n) is 1.42. The van der Waals surface area contributed by atoms with E-state index in [1.807, 2.05) is 0 Å². The summed E-state index contributed by atoms with van der Waals surface area (Å²) in [6, 6.07) is 0. The van der Waals surface area contributed by atoms with Crippen molar-refractivity contribution >= 4 is 40.7 Å². The lowest BCUT2D eigenvalue weighted by molar-refractivity contribution is -0.129. The first kappa shape index (κ1) is 20.4. The van der Waals surface area contributed by atoms with E-state index in [2.05, 4.69) is 20.8 Å². The van der Waals surface area contributed by atoms with Crippen molar-refractivity contribution in [1.82, 2.24) is 10.3 Å². The highest BCUT2D eigenvalue weighted by molar-refractivity contribution is 7.14. The van der Waals surface area contributed by atoms with E-state index in [0.29, 0.717) is 6.41 Å². The van der Waals surface area contributed by atoms with Crippen molar-refractivity contribution in [3.63, 3.8) is 0 Å². The Balaban J connectivity index is 2.63. The van der Waals surface area contributed by atoms with Crippen LogP contribution in [0.15, 0.2) is 10.5 Å². The minimum Gasteiger partial charge on any atom is -0.476 e. The van der Waals surface area contributed by atoms with Gasteiger partial charge in [0.25, 0.3) is 0 Å². The van der Waals surface area contributed by atoms with Crippen molar-refractivity contribution in [3.05, 3.63) is 11.1 Å². The minimum atomic E-state index is -1.34. The van der Waals surface area contributed by atoms with Crippen LogP contribution >= 0.6 is 11.3 Å². The summed E-state index contributed by atoms with van der Waals surface area (Å²) in [4.78, 5) is 42.2. The Bertz CT molecular complexity index is 652. The van der Waals surface area contributed by atoms with Crippen LogP contribution in [-0.2, 0) is 19.2 Å². The standard InChI is InChI=1S/C14H20N4O6S/c1-8(5-15-13(22)23-14(2,3)4)24-18-10(11(20)21)9-6-25-12(17-9)16-7-19/h6-8H,5H2,1-4H3,(H,15,22)(H,20,21)(H,16,17,19)/t8-/m0/s1. The Morgan fingerprint density at radius 1 is 1.48 bits per heavy atom. The third-order valence-electron chi connectivity index (χ3n) is 2.39. The molecular formula is C14H20N4O6S. The number of rotatable bonds is 8. The molecule has 1 aromatic heterocycles. The lowest BCUT2D eigenvalue weighted by atomic mass is 10.2. The van der Waals surface area contributed by atoms with Gasteiger partial charge >= 0.3 is 12.1 Å². The van der Waals surface area contributed by atoms with Crippen LogP contribution in [0.25, 0.3) is 0 Å². The molecular weight excluding hydrogens is 352 g/mol. The Labute approximate surface area is 148 Å². The quantitative estimate of drug-likeness (QED) is 0.356. The van der Waals surface area contributed by atoms with Crippen molar-refractivity contribution in [3.8, 4) is 0 Å². The van der Waals surface area contributed by atoms with Crippen LogP contribution < -0.4 is 10.6 Å². The van der Waals surface area contributed by atoms with E-state index in [0.717, 1.165) is 11.3 Å². The van der Waals surface area contributed by atoms with E-state index in [4.69, 9.17) is 9.57 Å². The molecule has 0 radical (unpaired) electrons. The van der Waals surface area contributed by atoms with Gasteiger partial charge in [-0.3, -0.25) is 4.79 Å². The molecule has 10 nitrogen and oxygen atoms in total. The van der Waals surface area contributed by atoms with Crippen LogP contribution in [0.1, 0.15) is 33.4 Å². The number of carbonyl (C=O) groups is 3. The molecule has 2 amide bonds. The second kappa shape index (κ2) is 8.97. The molecule has 1 heterocycles. The van der Waals surface area contributed by atoms with Gasteiger partial charge < -0.3 is 25.3 Å². The maximum absolute atomic E-state index is 11.5. The smallest absolute Gasteiger partial charge is 0.407 e. The number of amides is 2. The van der Waals surface area contributed by atoms with Crippen molar-refractivity contribution in [1.29, 1.82) is 0 Å². The van der Waals surface area contributed by atoms with Gasteiger partial charge in [0, 0.05) is 5.38 Å². The Morgan fingerprint density at radius 3 is 2.72 bits per heavy atom. The number of nitrogens with one attached hydrogen (secondary N) is 2. The molecule has 3 N–H and O–H groups in total. The summed E-state index contributed by atoms with van der Waals surface area (Å²) in [6.45, 7) is 6.87. The first-order valence-corrected chi connectivity index (χ1v) is 8.10. The monoisotopic (exact) mass is 372 g/mol. The largest absolute Gasteiger partial charge is 0.476 e. The maximum atomic E-state index is 11.5. The number of carboxylic acid groups (broad SMARTS) is 1. The number of nitrogens with zero attached hydrogens (tertiary/aromatic N) is 2. The molecule has 0 spiro atoms. The molecule has 0 bridgehead atoms. The molecule has 0 fully saturated rings. The number of anilines is 1. The van der Waals surface area contributed by atoms with Gasteiger partial charge in [0.2, 0.25) is 12.1 Å². The highest BCUT2D eigenvalue weighted by Gasteiger charge is 2.19. The summed E-state index contributed by atoms with van der Waals surface area (Å²) in [5, 5.41) is 19.2. The number of aliphatic carboxylic acids is 1. The van der Waals surface area contributed by atoms with Crippen LogP contribution in [0, 0.1) is 0 Å². The zero-order valence-electron chi connectivity index (χ0n) is 14.2. The summed E-state index contributed by atoms with van der Waals surface area (Å²) in [5.41, 5.74) is -0.991. The average Bonchev–Trinajstić information content (AvgIpc) is 2.92. The SMILES string of the molecule is C[C@@H](CNC(=O)OC(C)(C)C)ON=C(C(=O)O)c1csc(NC=O)n1. The lowest BCUT2D eigenvalue weighted by Crippen LogP contribution is -2.36. The van der Waals surface area contributed by atoms with Crippen LogP contribution in [0.4, 0.5) is 9.93 Å². The molecule has 1 rings (SSSR count). The Hall–Kier alpha value is -2.69. The van der Waals surface area contributed by atoms with Gasteiger partial charge in [-0.2, -0.15) is 0 Å². The highest BCUT2D eigenvalue weighted by Crippen LogP contribution is 2.15. The molecule has 0 unspecified atom stereocenters. The number of carboxylic acids is 1. The molecule has 138 valence electrons. The van der Waals surface area contributed by atoms with Gasteiger partial charge in [-0.25, -0.2) is 14.6 Å². The van der Waals surface area contributed by atoms with Crippen LogP contribution in [0.5, 0.6) is 0 Å². The topological polar surface area (TPSA) is 139 Å². The van der Waals surface area contributed by atoms with Gasteiger partial charge in [0.15, 0.2) is 5.13 Å². The molecule has 1 aromatic rings. The number of oxime groups is 1. The van der Waals surface area contributed by atoms with E-state index >= 15 is 0 Å². The normalized spacial score (nSPS) is 12.9. The molecule has 11 heteroatoms. The molecule has 0 aliphatic rings. The van der Waals surface area contributed by atoms with Crippen LogP contribution in [0.2, 0.25) is 0 Å². The molecule has 25 heavy (non-hydrogen) atoms. The van der Waals surface area contributed by atoms with Gasteiger partial charge in [-0.1, -0.05) is 5.16 Å². The van der Waals surface area contributed by atoms with Crippen molar-refractivity contribution in [2.45, 2.75) is 39.4 Å². The second-order valence-corrected chi connectivity index (χ2v) is 6.70. The van der Waals surface area contributed by atoms with Crippen LogP contribution in [-0.4, -0.2) is 52.5 Å². The molecule has 0 aliphatic heterocycles. The molecule has 0 aliphatic carbocycles. The number of aromatic nitrogens is 1. The van der Waals surface area contributed by atoms with Gasteiger partial charge in [0.1, 0.15) is 17.4 Å². The predicted molar refractivity (Wildman–Crippen MR) is 90.8 cm³/mol. The Morgan fingerprint density at radius 2 is 2.16 bits per heavy atom. The molecule has 0 saturated heterocycles. The van der Waals surface area contributed by atoms with E-state index in [1.165, 1.54) is 5.38 Å². The molecule has 0 saturated carbocycles. The maximum Gasteiger partial charge on any atom is 0.407 e. The Kier molecular flexibility index (Phi) is 7.30. The first-order chi connectivity index (χ1) is 11.6. The highest BCUT2D eigenvalue weighted by atomic mass is 32.1. The second-order valence-electron chi connectivity index (χ2n) is 5.84. The third-order valence-corrected chi connectivity index (χ3v) is 3.16. The van der Waals surface area contributed by atoms with Gasteiger partial charge in [-0.05, 0) is 27.7 Å². The van der Waals surface area contributed by atoms with Gasteiger partial charge in [0.05, 0.1) is 6.54 Å². The summed E-state index contributed by atoms with van der Waals surface area (Å²) in [6.07, 6.45) is -0.788. The number of thiazole rings is 1. The predicted octanol–water partition coefficient (Wildman–Crippen LogP) is 1.43. The fraction of sp³-hybridized carbons (Fsp3) is 0.500. The van der Waals surface area contributed by atoms with Gasteiger partial charge in [-0.15, -0.1) is 11.3 Å². The lowest BCUT2D eigenvalue weighted by Gasteiger charge is -2.20. The number of hydrogen-bond acceptors (Lipinski definition) is 8. The minimum absolute atomic E-state index is 0.0501. The summed E-state index contributed by atoms with van der Waals surface area (Å²) < 4.78 is 5.07. The summed E-state index contributed by atoms with van der Waals surface area (Å²) >= 11 is 1.05. The van der Waals surface area contributed by atoms with Crippen molar-refractivity contribution < 1.29 is 29.1 Å². The average molecular weight is 372 g/mol. The molecule has 1 atom stereocenters. The van der Waals surface area contributed by atoms with E-state index in [1.54, 1.807) is 27.7 Å². The number of hydrogen-bond donors (Lipinski definition) is 3. The first-order valence-electron chi connectivity index (χ1n) is 7.22. The number of alkyl carbamates (subject to hydrolysis) is 1. The fourth-order valence-corrected chi connectivity index (χ4v) is 2.07. The zero-order chi connectivity index (χ0) is 19.0. The van der Waals surface area contributed by atoms with E-state index in [-0.39, 0.29) is 17.4 Å².